The molecule has 0 saturated carbocycles. The van der Waals surface area contributed by atoms with E-state index < -0.39 is 0 Å². The molecule has 5 nitrogen and oxygen atoms in total. The van der Waals surface area contributed by atoms with Gasteiger partial charge in [0.25, 0.3) is 5.91 Å². The van der Waals surface area contributed by atoms with E-state index in [-0.39, 0.29) is 5.91 Å². The molecule has 1 heterocycles. The van der Waals surface area contributed by atoms with Gasteiger partial charge in [-0.25, -0.2) is 5.10 Å². The number of aromatic amines is 1. The van der Waals surface area contributed by atoms with Gasteiger partial charge in [0, 0.05) is 6.08 Å². The lowest BCUT2D eigenvalue weighted by molar-refractivity contribution is -0.111. The van der Waals surface area contributed by atoms with Crippen LogP contribution in [0.25, 0.3) is 6.08 Å². The number of amides is 1. The van der Waals surface area contributed by atoms with Crippen molar-refractivity contribution in [3.8, 4) is 0 Å². The van der Waals surface area contributed by atoms with E-state index in [9.17, 15) is 4.79 Å². The zero-order chi connectivity index (χ0) is 12.1. The molecule has 0 atom stereocenters. The number of anilines is 1. The monoisotopic (exact) mass is 228 g/mol. The summed E-state index contributed by atoms with van der Waals surface area (Å²) in [4.78, 5) is 15.3. The highest BCUT2D eigenvalue weighted by molar-refractivity contribution is 6.00. The van der Waals surface area contributed by atoms with Crippen molar-refractivity contribution in [3.63, 3.8) is 0 Å². The third-order valence-electron chi connectivity index (χ3n) is 2.16. The molecule has 0 aliphatic carbocycles. The van der Waals surface area contributed by atoms with E-state index in [0.29, 0.717) is 5.95 Å². The van der Waals surface area contributed by atoms with Crippen LogP contribution in [-0.2, 0) is 4.79 Å². The molecule has 0 aliphatic rings. The Bertz CT molecular complexity index is 514. The van der Waals surface area contributed by atoms with E-state index in [0.717, 1.165) is 5.56 Å². The number of aromatic nitrogens is 3. The highest BCUT2D eigenvalue weighted by atomic mass is 16.1. The Morgan fingerprint density at radius 2 is 2.12 bits per heavy atom. The molecule has 0 saturated heterocycles. The summed E-state index contributed by atoms with van der Waals surface area (Å²) in [5, 5.41) is 8.72. The van der Waals surface area contributed by atoms with Crippen LogP contribution in [-0.4, -0.2) is 21.1 Å². The second-order valence-corrected chi connectivity index (χ2v) is 3.57. The zero-order valence-corrected chi connectivity index (χ0v) is 9.34. The van der Waals surface area contributed by atoms with Gasteiger partial charge in [-0.1, -0.05) is 29.8 Å². The van der Waals surface area contributed by atoms with Crippen molar-refractivity contribution in [2.24, 2.45) is 0 Å². The van der Waals surface area contributed by atoms with Crippen LogP contribution in [0.4, 0.5) is 5.95 Å². The molecule has 2 N–H and O–H groups in total. The van der Waals surface area contributed by atoms with Gasteiger partial charge in [0.05, 0.1) is 0 Å². The SMILES string of the molecule is Cc1ccc(C=CC(=O)Nc2ncn[nH]2)cc1. The Labute approximate surface area is 98.6 Å². The van der Waals surface area contributed by atoms with E-state index in [2.05, 4.69) is 20.5 Å². The van der Waals surface area contributed by atoms with E-state index in [1.807, 2.05) is 31.2 Å². The zero-order valence-electron chi connectivity index (χ0n) is 9.34. The molecule has 5 heteroatoms. The number of nitrogens with one attached hydrogen (secondary N) is 2. The third-order valence-corrected chi connectivity index (χ3v) is 2.16. The first-order valence-electron chi connectivity index (χ1n) is 5.15. The van der Waals surface area contributed by atoms with Crippen molar-refractivity contribution in [1.82, 2.24) is 15.2 Å². The molecule has 0 unspecified atom stereocenters. The number of nitrogens with zero attached hydrogens (tertiary/aromatic N) is 2. The van der Waals surface area contributed by atoms with Crippen LogP contribution in [0.3, 0.4) is 0 Å². The molecule has 86 valence electrons. The van der Waals surface area contributed by atoms with E-state index in [1.165, 1.54) is 18.0 Å². The topological polar surface area (TPSA) is 70.7 Å². The molecule has 2 rings (SSSR count). The largest absolute Gasteiger partial charge is 0.291 e. The van der Waals surface area contributed by atoms with E-state index in [4.69, 9.17) is 0 Å². The van der Waals surface area contributed by atoms with Crippen LogP contribution in [0.5, 0.6) is 0 Å². The Morgan fingerprint density at radius 3 is 2.76 bits per heavy atom. The summed E-state index contributed by atoms with van der Waals surface area (Å²) >= 11 is 0. The van der Waals surface area contributed by atoms with Crippen molar-refractivity contribution < 1.29 is 4.79 Å². The smallest absolute Gasteiger partial charge is 0.250 e. The van der Waals surface area contributed by atoms with Crippen molar-refractivity contribution in [3.05, 3.63) is 47.8 Å². The summed E-state index contributed by atoms with van der Waals surface area (Å²) in [6.07, 6.45) is 4.53. The fraction of sp³-hybridized carbons (Fsp3) is 0.0833. The summed E-state index contributed by atoms with van der Waals surface area (Å²) in [5.41, 5.74) is 2.16. The number of hydrogen-bond acceptors (Lipinski definition) is 3. The maximum Gasteiger partial charge on any atom is 0.250 e. The lowest BCUT2D eigenvalue weighted by Gasteiger charge is -1.96. The number of carbonyl (C=O) groups is 1. The van der Waals surface area contributed by atoms with Crippen LogP contribution in [0.1, 0.15) is 11.1 Å². The summed E-state index contributed by atoms with van der Waals surface area (Å²) in [7, 11) is 0. The molecule has 0 bridgehead atoms. The molecule has 0 radical (unpaired) electrons. The number of aryl methyl sites for hydroxylation is 1. The molecule has 0 aliphatic heterocycles. The normalized spacial score (nSPS) is 10.6. The fourth-order valence-corrected chi connectivity index (χ4v) is 1.27. The average Bonchev–Trinajstić information content (AvgIpc) is 2.81. The first kappa shape index (κ1) is 11.1. The van der Waals surface area contributed by atoms with E-state index >= 15 is 0 Å². The number of rotatable bonds is 3. The fourth-order valence-electron chi connectivity index (χ4n) is 1.27. The second-order valence-electron chi connectivity index (χ2n) is 3.57. The molecule has 0 fully saturated rings. The third kappa shape index (κ3) is 3.27. The van der Waals surface area contributed by atoms with Gasteiger partial charge in [0.15, 0.2) is 0 Å². The van der Waals surface area contributed by atoms with Crippen LogP contribution in [0.15, 0.2) is 36.7 Å². The predicted molar refractivity (Wildman–Crippen MR) is 65.2 cm³/mol. The molecule has 1 aromatic heterocycles. The second kappa shape index (κ2) is 5.07. The van der Waals surface area contributed by atoms with Crippen LogP contribution < -0.4 is 5.32 Å². The van der Waals surface area contributed by atoms with Crippen molar-refractivity contribution in [1.29, 1.82) is 0 Å². The van der Waals surface area contributed by atoms with Crippen molar-refractivity contribution in [2.45, 2.75) is 6.92 Å². The lowest BCUT2D eigenvalue weighted by Crippen LogP contribution is -2.08. The minimum Gasteiger partial charge on any atom is -0.291 e. The highest BCUT2D eigenvalue weighted by Gasteiger charge is 1.98. The number of benzene rings is 1. The standard InChI is InChI=1S/C12H12N4O/c1-9-2-4-10(5-3-9)6-7-11(17)15-12-13-8-14-16-12/h2-8H,1H3,(H2,13,14,15,16,17). The maximum atomic E-state index is 11.5. The molecule has 2 aromatic rings. The maximum absolute atomic E-state index is 11.5. The number of hydrogen-bond donors (Lipinski definition) is 2. The van der Waals surface area contributed by atoms with Gasteiger partial charge in [-0.15, -0.1) is 0 Å². The Kier molecular flexibility index (Phi) is 3.30. The van der Waals surface area contributed by atoms with Crippen LogP contribution in [0, 0.1) is 6.92 Å². The predicted octanol–water partition coefficient (Wildman–Crippen LogP) is 1.77. The Balaban J connectivity index is 1.96. The minimum absolute atomic E-state index is 0.248. The van der Waals surface area contributed by atoms with Gasteiger partial charge < -0.3 is 0 Å². The average molecular weight is 228 g/mol. The van der Waals surface area contributed by atoms with Crippen molar-refractivity contribution in [2.75, 3.05) is 5.32 Å². The molecule has 0 spiro atoms. The van der Waals surface area contributed by atoms with Gasteiger partial charge in [-0.3, -0.25) is 10.1 Å². The van der Waals surface area contributed by atoms with Gasteiger partial charge in [-0.05, 0) is 18.6 Å². The van der Waals surface area contributed by atoms with Crippen molar-refractivity contribution >= 4 is 17.9 Å². The summed E-state index contributed by atoms with van der Waals surface area (Å²) < 4.78 is 0. The molecule has 1 amide bonds. The summed E-state index contributed by atoms with van der Waals surface area (Å²) in [5.74, 6) is 0.0888. The van der Waals surface area contributed by atoms with Crippen LogP contribution in [0.2, 0.25) is 0 Å². The minimum atomic E-state index is -0.248. The highest BCUT2D eigenvalue weighted by Crippen LogP contribution is 2.05. The van der Waals surface area contributed by atoms with Gasteiger partial charge in [0.2, 0.25) is 5.95 Å². The first-order valence-corrected chi connectivity index (χ1v) is 5.15. The summed E-state index contributed by atoms with van der Waals surface area (Å²) in [6, 6.07) is 7.89. The van der Waals surface area contributed by atoms with Gasteiger partial charge in [0.1, 0.15) is 6.33 Å². The van der Waals surface area contributed by atoms with E-state index in [1.54, 1.807) is 6.08 Å². The Hall–Kier alpha value is -2.43. The molecular weight excluding hydrogens is 216 g/mol. The quantitative estimate of drug-likeness (QED) is 0.786. The summed E-state index contributed by atoms with van der Waals surface area (Å²) in [6.45, 7) is 2.02. The Morgan fingerprint density at radius 1 is 1.35 bits per heavy atom. The number of H-pyrrole nitrogens is 1. The molecular formula is C12H12N4O. The lowest BCUT2D eigenvalue weighted by atomic mass is 10.1. The first-order chi connectivity index (χ1) is 8.24. The van der Waals surface area contributed by atoms with Gasteiger partial charge in [-0.2, -0.15) is 10.1 Å². The van der Waals surface area contributed by atoms with Gasteiger partial charge >= 0.3 is 0 Å². The molecule has 1 aromatic carbocycles. The molecule has 17 heavy (non-hydrogen) atoms. The number of carbonyl (C=O) groups excluding carboxylic acids is 1. The van der Waals surface area contributed by atoms with Crippen LogP contribution >= 0.6 is 0 Å².